The van der Waals surface area contributed by atoms with Crippen molar-refractivity contribution in [2.24, 2.45) is 0 Å². The number of hydrogen-bond donors (Lipinski definition) is 1. The van der Waals surface area contributed by atoms with E-state index in [0.717, 1.165) is 13.0 Å². The molecule has 1 aliphatic heterocycles. The van der Waals surface area contributed by atoms with Crippen molar-refractivity contribution in [1.82, 2.24) is 13.9 Å². The van der Waals surface area contributed by atoms with E-state index in [0.29, 0.717) is 12.1 Å². The molecule has 0 amide bonds. The van der Waals surface area contributed by atoms with E-state index in [9.17, 15) is 8.42 Å². The molecule has 2 rings (SSSR count). The van der Waals surface area contributed by atoms with Crippen LogP contribution in [0.15, 0.2) is 0 Å². The molecule has 0 bridgehead atoms. The van der Waals surface area contributed by atoms with Gasteiger partial charge in [0.1, 0.15) is 0 Å². The third-order valence-corrected chi connectivity index (χ3v) is 5.03. The Morgan fingerprint density at radius 3 is 2.44 bits per heavy atom. The maximum atomic E-state index is 11.7. The lowest BCUT2D eigenvalue weighted by Crippen LogP contribution is -2.43. The fourth-order valence-corrected chi connectivity index (χ4v) is 3.18. The number of rotatable bonds is 4. The topological polar surface area (TPSA) is 52.7 Å². The smallest absolute Gasteiger partial charge is 0.279 e. The van der Waals surface area contributed by atoms with Crippen molar-refractivity contribution in [3.63, 3.8) is 0 Å². The molecule has 1 aliphatic carbocycles. The Morgan fingerprint density at radius 1 is 1.31 bits per heavy atom. The molecule has 0 aromatic rings. The van der Waals surface area contributed by atoms with Crippen molar-refractivity contribution < 1.29 is 8.42 Å². The van der Waals surface area contributed by atoms with Crippen molar-refractivity contribution >= 4 is 10.2 Å². The van der Waals surface area contributed by atoms with E-state index in [2.05, 4.69) is 16.5 Å². The monoisotopic (exact) mass is 247 g/mol. The number of hydrogen-bond acceptors (Lipinski definition) is 3. The first-order chi connectivity index (χ1) is 7.40. The first-order valence-electron chi connectivity index (χ1n) is 5.85. The van der Waals surface area contributed by atoms with Gasteiger partial charge >= 0.3 is 0 Å². The van der Waals surface area contributed by atoms with Crippen LogP contribution < -0.4 is 4.72 Å². The Hall–Kier alpha value is -0.170. The fraction of sp³-hybridized carbons (Fsp3) is 1.00. The minimum absolute atomic E-state index is 0.0722. The molecule has 0 radical (unpaired) electrons. The largest absolute Gasteiger partial charge is 0.296 e. The van der Waals surface area contributed by atoms with E-state index >= 15 is 0 Å². The van der Waals surface area contributed by atoms with Gasteiger partial charge in [-0.05, 0) is 26.2 Å². The van der Waals surface area contributed by atoms with Gasteiger partial charge in [0, 0.05) is 38.8 Å². The van der Waals surface area contributed by atoms with Crippen LogP contribution in [0.1, 0.15) is 26.2 Å². The van der Waals surface area contributed by atoms with Crippen LogP contribution >= 0.6 is 0 Å². The van der Waals surface area contributed by atoms with Gasteiger partial charge in [0.05, 0.1) is 0 Å². The van der Waals surface area contributed by atoms with Crippen LogP contribution in [0.4, 0.5) is 0 Å². The highest BCUT2D eigenvalue weighted by atomic mass is 32.2. The van der Waals surface area contributed by atoms with Gasteiger partial charge in [-0.3, -0.25) is 4.90 Å². The van der Waals surface area contributed by atoms with E-state index in [4.69, 9.17) is 0 Å². The van der Waals surface area contributed by atoms with Gasteiger partial charge in [-0.1, -0.05) is 0 Å². The summed E-state index contributed by atoms with van der Waals surface area (Å²) < 4.78 is 27.4. The minimum atomic E-state index is -3.28. The summed E-state index contributed by atoms with van der Waals surface area (Å²) in [7, 11) is -0.167. The van der Waals surface area contributed by atoms with Crippen LogP contribution in [0.25, 0.3) is 0 Å². The van der Waals surface area contributed by atoms with Crippen molar-refractivity contribution in [2.45, 2.75) is 44.3 Å². The number of nitrogens with one attached hydrogen (secondary N) is 1. The van der Waals surface area contributed by atoms with E-state index < -0.39 is 10.2 Å². The van der Waals surface area contributed by atoms with Gasteiger partial charge in [0.25, 0.3) is 10.2 Å². The summed E-state index contributed by atoms with van der Waals surface area (Å²) in [5, 5.41) is 0. The zero-order valence-electron chi connectivity index (χ0n) is 10.2. The van der Waals surface area contributed by atoms with Crippen LogP contribution in [-0.4, -0.2) is 56.4 Å². The maximum Gasteiger partial charge on any atom is 0.279 e. The molecule has 0 unspecified atom stereocenters. The lowest BCUT2D eigenvalue weighted by molar-refractivity contribution is 0.256. The zero-order valence-corrected chi connectivity index (χ0v) is 11.0. The van der Waals surface area contributed by atoms with Crippen LogP contribution in [0.3, 0.4) is 0 Å². The SMILES string of the molecule is C[C@H]1C[C@@H](NS(=O)(=O)N(C)C)CN1C1CC1. The Kier molecular flexibility index (Phi) is 3.27. The van der Waals surface area contributed by atoms with Gasteiger partial charge in [0.15, 0.2) is 0 Å². The predicted octanol–water partition coefficient (Wildman–Crippen LogP) is 0.00760. The van der Waals surface area contributed by atoms with Crippen LogP contribution in [0, 0.1) is 0 Å². The molecule has 1 saturated heterocycles. The van der Waals surface area contributed by atoms with E-state index in [1.807, 2.05) is 0 Å². The van der Waals surface area contributed by atoms with E-state index in [-0.39, 0.29) is 6.04 Å². The van der Waals surface area contributed by atoms with E-state index in [1.54, 1.807) is 14.1 Å². The average Bonchev–Trinajstić information content (AvgIpc) is 2.91. The molecule has 5 nitrogen and oxygen atoms in total. The van der Waals surface area contributed by atoms with Gasteiger partial charge in [-0.15, -0.1) is 0 Å². The highest BCUT2D eigenvalue weighted by Crippen LogP contribution is 2.33. The number of nitrogens with zero attached hydrogens (tertiary/aromatic N) is 2. The molecule has 16 heavy (non-hydrogen) atoms. The van der Waals surface area contributed by atoms with Crippen molar-refractivity contribution in [3.8, 4) is 0 Å². The molecule has 1 heterocycles. The van der Waals surface area contributed by atoms with Crippen molar-refractivity contribution in [1.29, 1.82) is 0 Å². The maximum absolute atomic E-state index is 11.7. The second kappa shape index (κ2) is 4.25. The Labute approximate surface area is 98.0 Å². The quantitative estimate of drug-likeness (QED) is 0.761. The summed E-state index contributed by atoms with van der Waals surface area (Å²) in [5.41, 5.74) is 0. The molecular formula is C10H21N3O2S. The summed E-state index contributed by atoms with van der Waals surface area (Å²) >= 11 is 0. The second-order valence-electron chi connectivity index (χ2n) is 5.11. The van der Waals surface area contributed by atoms with Gasteiger partial charge in [0.2, 0.25) is 0 Å². The molecule has 0 aromatic heterocycles. The second-order valence-corrected chi connectivity index (χ2v) is 7.03. The Balaban J connectivity index is 1.93. The first kappa shape index (κ1) is 12.3. The lowest BCUT2D eigenvalue weighted by Gasteiger charge is -2.20. The summed E-state index contributed by atoms with van der Waals surface area (Å²) in [5.74, 6) is 0. The third-order valence-electron chi connectivity index (χ3n) is 3.44. The summed E-state index contributed by atoms with van der Waals surface area (Å²) in [6.07, 6.45) is 3.47. The molecule has 1 saturated carbocycles. The molecular weight excluding hydrogens is 226 g/mol. The third kappa shape index (κ3) is 2.56. The summed E-state index contributed by atoms with van der Waals surface area (Å²) in [4.78, 5) is 2.43. The first-order valence-corrected chi connectivity index (χ1v) is 7.29. The Bertz CT molecular complexity index is 351. The summed E-state index contributed by atoms with van der Waals surface area (Å²) in [6.45, 7) is 3.04. The minimum Gasteiger partial charge on any atom is -0.296 e. The lowest BCUT2D eigenvalue weighted by atomic mass is 10.2. The van der Waals surface area contributed by atoms with Gasteiger partial charge < -0.3 is 0 Å². The number of likely N-dealkylation sites (tertiary alicyclic amines) is 1. The van der Waals surface area contributed by atoms with Crippen molar-refractivity contribution in [2.75, 3.05) is 20.6 Å². The highest BCUT2D eigenvalue weighted by Gasteiger charge is 2.39. The molecule has 1 N–H and O–H groups in total. The molecule has 2 aliphatic rings. The molecule has 6 heteroatoms. The molecule has 2 fully saturated rings. The normalized spacial score (nSPS) is 32.5. The molecule has 94 valence electrons. The van der Waals surface area contributed by atoms with Gasteiger partial charge in [-0.25, -0.2) is 0 Å². The predicted molar refractivity (Wildman–Crippen MR) is 63.3 cm³/mol. The molecule has 0 spiro atoms. The van der Waals surface area contributed by atoms with Crippen LogP contribution in [-0.2, 0) is 10.2 Å². The average molecular weight is 247 g/mol. The van der Waals surface area contributed by atoms with Gasteiger partial charge in [-0.2, -0.15) is 17.4 Å². The summed E-state index contributed by atoms with van der Waals surface area (Å²) in [6, 6.07) is 1.29. The van der Waals surface area contributed by atoms with Crippen molar-refractivity contribution in [3.05, 3.63) is 0 Å². The highest BCUT2D eigenvalue weighted by molar-refractivity contribution is 7.87. The van der Waals surface area contributed by atoms with Crippen LogP contribution in [0.2, 0.25) is 0 Å². The fourth-order valence-electron chi connectivity index (χ4n) is 2.37. The molecule has 2 atom stereocenters. The van der Waals surface area contributed by atoms with Crippen LogP contribution in [0.5, 0.6) is 0 Å². The zero-order chi connectivity index (χ0) is 11.9. The van der Waals surface area contributed by atoms with E-state index in [1.165, 1.54) is 17.1 Å². The Morgan fingerprint density at radius 2 is 1.94 bits per heavy atom. The molecule has 0 aromatic carbocycles. The standard InChI is InChI=1S/C10H21N3O2S/c1-8-6-9(7-13(8)10-4-5-10)11-16(14,15)12(2)3/h8-11H,4-7H2,1-3H3/t8-,9+/m0/s1.